The third-order valence-corrected chi connectivity index (χ3v) is 2.05. The summed E-state index contributed by atoms with van der Waals surface area (Å²) < 4.78 is 9.85. The summed E-state index contributed by atoms with van der Waals surface area (Å²) in [7, 11) is 0. The molecule has 2 atom stereocenters. The summed E-state index contributed by atoms with van der Waals surface area (Å²) in [6.07, 6.45) is -0.578. The maximum atomic E-state index is 11.7. The van der Waals surface area contributed by atoms with E-state index >= 15 is 0 Å². The molecule has 0 aromatic rings. The second-order valence-corrected chi connectivity index (χ2v) is 4.55. The fraction of sp³-hybridized carbons (Fsp3) is 0.692. The molecule has 0 aromatic heterocycles. The highest BCUT2D eigenvalue weighted by Gasteiger charge is 2.34. The molecule has 0 aliphatic rings. The molecular weight excluding hydrogens is 236 g/mol. The number of carbonyl (C=O) groups is 2. The lowest BCUT2D eigenvalue weighted by molar-refractivity contribution is -0.170. The van der Waals surface area contributed by atoms with E-state index in [9.17, 15) is 14.7 Å². The van der Waals surface area contributed by atoms with E-state index in [-0.39, 0.29) is 18.6 Å². The molecule has 0 radical (unpaired) electrons. The first kappa shape index (κ1) is 16.6. The number of ether oxygens (including phenoxy) is 2. The molecule has 5 nitrogen and oxygen atoms in total. The highest BCUT2D eigenvalue weighted by molar-refractivity contribution is 5.83. The molecule has 5 heteroatoms. The number of allylic oxidation sites excluding steroid dienone is 1. The predicted molar refractivity (Wildman–Crippen MR) is 66.8 cm³/mol. The van der Waals surface area contributed by atoms with Crippen molar-refractivity contribution in [1.29, 1.82) is 0 Å². The van der Waals surface area contributed by atoms with Crippen LogP contribution in [-0.4, -0.2) is 35.4 Å². The number of esters is 2. The molecule has 18 heavy (non-hydrogen) atoms. The Balaban J connectivity index is 4.71. The summed E-state index contributed by atoms with van der Waals surface area (Å²) in [5.41, 5.74) is 0. The number of aliphatic hydroxyl groups excluding tert-OH is 1. The van der Waals surface area contributed by atoms with E-state index in [0.29, 0.717) is 0 Å². The molecule has 0 aliphatic carbocycles. The third-order valence-electron chi connectivity index (χ3n) is 2.05. The van der Waals surface area contributed by atoms with E-state index < -0.39 is 24.0 Å². The Bertz CT molecular complexity index is 296. The molecule has 0 aliphatic heterocycles. The van der Waals surface area contributed by atoms with Gasteiger partial charge in [-0.15, -0.1) is 6.58 Å². The van der Waals surface area contributed by atoms with Gasteiger partial charge in [0.05, 0.1) is 18.1 Å². The van der Waals surface area contributed by atoms with E-state index in [1.165, 1.54) is 6.08 Å². The van der Waals surface area contributed by atoms with Crippen molar-refractivity contribution in [1.82, 2.24) is 0 Å². The van der Waals surface area contributed by atoms with Crippen molar-refractivity contribution in [3.05, 3.63) is 12.7 Å². The van der Waals surface area contributed by atoms with Crippen LogP contribution in [0.4, 0.5) is 0 Å². The largest absolute Gasteiger partial charge is 0.463 e. The zero-order valence-electron chi connectivity index (χ0n) is 11.4. The lowest BCUT2D eigenvalue weighted by atomic mass is 9.98. The molecule has 104 valence electrons. The van der Waals surface area contributed by atoms with Gasteiger partial charge in [0.15, 0.2) is 6.10 Å². The van der Waals surface area contributed by atoms with Gasteiger partial charge in [-0.2, -0.15) is 0 Å². The van der Waals surface area contributed by atoms with Crippen LogP contribution in [0.2, 0.25) is 0 Å². The Kier molecular flexibility index (Phi) is 7.27. The van der Waals surface area contributed by atoms with Gasteiger partial charge in [-0.3, -0.25) is 4.79 Å². The van der Waals surface area contributed by atoms with Crippen LogP contribution in [0.3, 0.4) is 0 Å². The second kappa shape index (κ2) is 7.87. The van der Waals surface area contributed by atoms with E-state index in [4.69, 9.17) is 9.47 Å². The van der Waals surface area contributed by atoms with Crippen molar-refractivity contribution in [2.45, 2.75) is 52.4 Å². The molecule has 2 unspecified atom stereocenters. The van der Waals surface area contributed by atoms with E-state index in [1.54, 1.807) is 27.7 Å². The second-order valence-electron chi connectivity index (χ2n) is 4.55. The van der Waals surface area contributed by atoms with Gasteiger partial charge in [0.2, 0.25) is 0 Å². The Labute approximate surface area is 108 Å². The molecule has 0 saturated carbocycles. The minimum Gasteiger partial charge on any atom is -0.463 e. The van der Waals surface area contributed by atoms with E-state index in [1.807, 2.05) is 0 Å². The van der Waals surface area contributed by atoms with Crippen LogP contribution in [-0.2, 0) is 19.1 Å². The quantitative estimate of drug-likeness (QED) is 0.552. The lowest BCUT2D eigenvalue weighted by Crippen LogP contribution is -2.38. The molecule has 1 N–H and O–H groups in total. The maximum Gasteiger partial charge on any atom is 0.336 e. The normalized spacial score (nSPS) is 14.2. The van der Waals surface area contributed by atoms with Crippen LogP contribution in [0.1, 0.15) is 34.1 Å². The van der Waals surface area contributed by atoms with Crippen LogP contribution in [0, 0.1) is 5.92 Å². The molecule has 0 fully saturated rings. The first-order valence-corrected chi connectivity index (χ1v) is 5.99. The molecular formula is C13H22O5. The Morgan fingerprint density at radius 3 is 1.94 bits per heavy atom. The first-order valence-electron chi connectivity index (χ1n) is 5.99. The topological polar surface area (TPSA) is 72.8 Å². The first-order chi connectivity index (χ1) is 8.29. The SMILES string of the molecule is C=CCC(C(=O)OC(C)C)C(O)C(=O)OC(C)C. The minimum absolute atomic E-state index is 0.153. The van der Waals surface area contributed by atoms with Gasteiger partial charge in [0, 0.05) is 0 Å². The van der Waals surface area contributed by atoms with Gasteiger partial charge in [0.1, 0.15) is 0 Å². The summed E-state index contributed by atoms with van der Waals surface area (Å²) >= 11 is 0. The van der Waals surface area contributed by atoms with Crippen molar-refractivity contribution in [2.24, 2.45) is 5.92 Å². The minimum atomic E-state index is -1.53. The maximum absolute atomic E-state index is 11.7. The molecule has 0 aromatic carbocycles. The number of rotatable bonds is 7. The average Bonchev–Trinajstić information content (AvgIpc) is 2.22. The number of hydrogen-bond acceptors (Lipinski definition) is 5. The van der Waals surface area contributed by atoms with Gasteiger partial charge in [-0.1, -0.05) is 6.08 Å². The molecule has 0 heterocycles. The summed E-state index contributed by atoms with van der Waals surface area (Å²) in [6, 6.07) is 0. The molecule has 0 bridgehead atoms. The summed E-state index contributed by atoms with van der Waals surface area (Å²) in [5.74, 6) is -2.42. The third kappa shape index (κ3) is 5.82. The Hall–Kier alpha value is -1.36. The monoisotopic (exact) mass is 258 g/mol. The van der Waals surface area contributed by atoms with Crippen LogP contribution >= 0.6 is 0 Å². The van der Waals surface area contributed by atoms with Crippen molar-refractivity contribution in [2.75, 3.05) is 0 Å². The smallest absolute Gasteiger partial charge is 0.336 e. The highest BCUT2D eigenvalue weighted by Crippen LogP contribution is 2.15. The number of carbonyl (C=O) groups excluding carboxylic acids is 2. The lowest BCUT2D eigenvalue weighted by Gasteiger charge is -2.21. The number of aliphatic hydroxyl groups is 1. The Morgan fingerprint density at radius 2 is 1.56 bits per heavy atom. The van der Waals surface area contributed by atoms with Gasteiger partial charge in [-0.25, -0.2) is 4.79 Å². The van der Waals surface area contributed by atoms with Gasteiger partial charge in [0.25, 0.3) is 0 Å². The van der Waals surface area contributed by atoms with Crippen molar-refractivity contribution in [3.63, 3.8) is 0 Å². The highest BCUT2D eigenvalue weighted by atomic mass is 16.6. The summed E-state index contributed by atoms with van der Waals surface area (Å²) in [6.45, 7) is 10.2. The summed E-state index contributed by atoms with van der Waals surface area (Å²) in [5, 5.41) is 9.82. The number of hydrogen-bond donors (Lipinski definition) is 1. The van der Waals surface area contributed by atoms with Crippen LogP contribution in [0.5, 0.6) is 0 Å². The predicted octanol–water partition coefficient (Wildman–Crippen LogP) is 1.44. The van der Waals surface area contributed by atoms with E-state index in [2.05, 4.69) is 6.58 Å². The van der Waals surface area contributed by atoms with Crippen LogP contribution in [0.15, 0.2) is 12.7 Å². The Morgan fingerprint density at radius 1 is 1.11 bits per heavy atom. The fourth-order valence-electron chi connectivity index (χ4n) is 1.32. The van der Waals surface area contributed by atoms with Gasteiger partial charge in [-0.05, 0) is 34.1 Å². The zero-order chi connectivity index (χ0) is 14.3. The molecule has 0 amide bonds. The van der Waals surface area contributed by atoms with Gasteiger partial charge >= 0.3 is 11.9 Å². The summed E-state index contributed by atoms with van der Waals surface area (Å²) in [4.78, 5) is 23.3. The fourth-order valence-corrected chi connectivity index (χ4v) is 1.32. The molecule has 0 spiro atoms. The zero-order valence-corrected chi connectivity index (χ0v) is 11.4. The average molecular weight is 258 g/mol. The van der Waals surface area contributed by atoms with Crippen LogP contribution < -0.4 is 0 Å². The van der Waals surface area contributed by atoms with E-state index in [0.717, 1.165) is 0 Å². The van der Waals surface area contributed by atoms with Crippen molar-refractivity contribution >= 4 is 11.9 Å². The van der Waals surface area contributed by atoms with Crippen molar-refractivity contribution in [3.8, 4) is 0 Å². The van der Waals surface area contributed by atoms with Crippen molar-refractivity contribution < 1.29 is 24.2 Å². The van der Waals surface area contributed by atoms with Gasteiger partial charge < -0.3 is 14.6 Å². The standard InChI is InChI=1S/C13H22O5/c1-6-7-10(12(15)17-8(2)3)11(14)13(16)18-9(4)5/h6,8-11,14H,1,7H2,2-5H3. The van der Waals surface area contributed by atoms with Crippen LogP contribution in [0.25, 0.3) is 0 Å². The molecule has 0 saturated heterocycles. The molecule has 0 rings (SSSR count).